The molecule has 0 aliphatic rings. The first-order valence-electron chi connectivity index (χ1n) is 7.97. The van der Waals surface area contributed by atoms with E-state index in [0.29, 0.717) is 0 Å². The SMILES string of the molecule is CCC(C)CN(C)CCCCC(C)(NC(C)C)C(N)=O. The molecule has 0 bridgehead atoms. The summed E-state index contributed by atoms with van der Waals surface area (Å²) in [7, 11) is 2.17. The molecule has 120 valence electrons. The Hall–Kier alpha value is -0.610. The fourth-order valence-corrected chi connectivity index (χ4v) is 2.52. The molecule has 2 atom stereocenters. The third kappa shape index (κ3) is 7.85. The predicted octanol–water partition coefficient (Wildman–Crippen LogP) is 2.38. The lowest BCUT2D eigenvalue weighted by Crippen LogP contribution is -2.55. The van der Waals surface area contributed by atoms with Crippen molar-refractivity contribution in [3.05, 3.63) is 0 Å². The van der Waals surface area contributed by atoms with Crippen molar-refractivity contribution in [2.45, 2.75) is 71.9 Å². The van der Waals surface area contributed by atoms with Gasteiger partial charge >= 0.3 is 0 Å². The molecule has 0 heterocycles. The zero-order valence-corrected chi connectivity index (χ0v) is 14.3. The fraction of sp³-hybridized carbons (Fsp3) is 0.938. The highest BCUT2D eigenvalue weighted by Crippen LogP contribution is 2.15. The lowest BCUT2D eigenvalue weighted by Gasteiger charge is -2.30. The van der Waals surface area contributed by atoms with Crippen LogP contribution in [0.15, 0.2) is 0 Å². The van der Waals surface area contributed by atoms with E-state index >= 15 is 0 Å². The van der Waals surface area contributed by atoms with Crippen molar-refractivity contribution in [1.29, 1.82) is 0 Å². The van der Waals surface area contributed by atoms with E-state index < -0.39 is 5.54 Å². The zero-order valence-electron chi connectivity index (χ0n) is 14.3. The maximum atomic E-state index is 11.6. The smallest absolute Gasteiger partial charge is 0.237 e. The largest absolute Gasteiger partial charge is 0.368 e. The highest BCUT2D eigenvalue weighted by atomic mass is 16.1. The van der Waals surface area contributed by atoms with Gasteiger partial charge in [0.15, 0.2) is 0 Å². The lowest BCUT2D eigenvalue weighted by atomic mass is 9.93. The van der Waals surface area contributed by atoms with Crippen LogP contribution in [0.2, 0.25) is 0 Å². The molecule has 3 N–H and O–H groups in total. The molecule has 20 heavy (non-hydrogen) atoms. The summed E-state index contributed by atoms with van der Waals surface area (Å²) >= 11 is 0. The van der Waals surface area contributed by atoms with Crippen molar-refractivity contribution in [1.82, 2.24) is 10.2 Å². The van der Waals surface area contributed by atoms with Gasteiger partial charge in [0.2, 0.25) is 5.91 Å². The van der Waals surface area contributed by atoms with Gasteiger partial charge in [-0.2, -0.15) is 0 Å². The number of hydrogen-bond acceptors (Lipinski definition) is 3. The highest BCUT2D eigenvalue weighted by Gasteiger charge is 2.30. The van der Waals surface area contributed by atoms with E-state index in [0.717, 1.165) is 38.3 Å². The van der Waals surface area contributed by atoms with Crippen molar-refractivity contribution in [3.63, 3.8) is 0 Å². The van der Waals surface area contributed by atoms with E-state index in [4.69, 9.17) is 5.73 Å². The topological polar surface area (TPSA) is 58.4 Å². The molecule has 2 unspecified atom stereocenters. The average molecular weight is 285 g/mol. The van der Waals surface area contributed by atoms with Crippen molar-refractivity contribution >= 4 is 5.91 Å². The Morgan fingerprint density at radius 2 is 1.90 bits per heavy atom. The Morgan fingerprint density at radius 1 is 1.30 bits per heavy atom. The zero-order chi connectivity index (χ0) is 15.8. The molecule has 0 aromatic carbocycles. The van der Waals surface area contributed by atoms with Crippen LogP contribution in [0.5, 0.6) is 0 Å². The Morgan fingerprint density at radius 3 is 2.35 bits per heavy atom. The van der Waals surface area contributed by atoms with Crippen LogP contribution in [0.4, 0.5) is 0 Å². The van der Waals surface area contributed by atoms with E-state index in [1.54, 1.807) is 0 Å². The van der Waals surface area contributed by atoms with E-state index in [-0.39, 0.29) is 11.9 Å². The van der Waals surface area contributed by atoms with Gasteiger partial charge in [0.05, 0.1) is 5.54 Å². The molecule has 1 amide bonds. The number of nitrogens with zero attached hydrogens (tertiary/aromatic N) is 1. The van der Waals surface area contributed by atoms with Crippen molar-refractivity contribution < 1.29 is 4.79 Å². The molecule has 4 heteroatoms. The fourth-order valence-electron chi connectivity index (χ4n) is 2.52. The van der Waals surface area contributed by atoms with Gasteiger partial charge in [-0.05, 0) is 59.5 Å². The third-order valence-electron chi connectivity index (χ3n) is 3.94. The monoisotopic (exact) mass is 285 g/mol. The number of primary amides is 1. The maximum Gasteiger partial charge on any atom is 0.237 e. The molecule has 0 fully saturated rings. The molecule has 0 saturated heterocycles. The van der Waals surface area contributed by atoms with Crippen LogP contribution in [-0.2, 0) is 4.79 Å². The van der Waals surface area contributed by atoms with Gasteiger partial charge in [-0.15, -0.1) is 0 Å². The van der Waals surface area contributed by atoms with Gasteiger partial charge in [-0.25, -0.2) is 0 Å². The number of rotatable bonds is 11. The summed E-state index contributed by atoms with van der Waals surface area (Å²) in [5.41, 5.74) is 4.95. The van der Waals surface area contributed by atoms with Crippen LogP contribution in [0, 0.1) is 5.92 Å². The van der Waals surface area contributed by atoms with E-state index in [1.807, 2.05) is 20.8 Å². The number of unbranched alkanes of at least 4 members (excludes halogenated alkanes) is 1. The quantitative estimate of drug-likeness (QED) is 0.573. The second-order valence-electron chi connectivity index (χ2n) is 6.73. The Labute approximate surface area is 125 Å². The van der Waals surface area contributed by atoms with Gasteiger partial charge in [0, 0.05) is 12.6 Å². The number of carbonyl (C=O) groups excluding carboxylic acids is 1. The Kier molecular flexibility index (Phi) is 9.06. The second-order valence-corrected chi connectivity index (χ2v) is 6.73. The van der Waals surface area contributed by atoms with Gasteiger partial charge in [-0.1, -0.05) is 20.3 Å². The van der Waals surface area contributed by atoms with E-state index in [2.05, 4.69) is 31.1 Å². The third-order valence-corrected chi connectivity index (χ3v) is 3.94. The molecule has 0 spiro atoms. The lowest BCUT2D eigenvalue weighted by molar-refractivity contribution is -0.124. The molecular formula is C16H35N3O. The summed E-state index contributed by atoms with van der Waals surface area (Å²) in [5.74, 6) is 0.498. The molecule has 0 rings (SSSR count). The van der Waals surface area contributed by atoms with Gasteiger partial charge in [-0.3, -0.25) is 4.79 Å². The minimum absolute atomic E-state index is 0.251. The van der Waals surface area contributed by atoms with Gasteiger partial charge in [0.1, 0.15) is 0 Å². The van der Waals surface area contributed by atoms with Crippen LogP contribution in [-0.4, -0.2) is 42.5 Å². The van der Waals surface area contributed by atoms with E-state index in [9.17, 15) is 4.79 Å². The summed E-state index contributed by atoms with van der Waals surface area (Å²) in [4.78, 5) is 14.0. The number of amides is 1. The standard InChI is InChI=1S/C16H35N3O/c1-7-14(4)12-19(6)11-9-8-10-16(5,15(17)20)18-13(2)3/h13-14,18H,7-12H2,1-6H3,(H2,17,20). The predicted molar refractivity (Wildman–Crippen MR) is 86.7 cm³/mol. The van der Waals surface area contributed by atoms with Crippen molar-refractivity contribution in [3.8, 4) is 0 Å². The summed E-state index contributed by atoms with van der Waals surface area (Å²) in [6.07, 6.45) is 4.15. The molecule has 0 aromatic heterocycles. The second kappa shape index (κ2) is 9.35. The van der Waals surface area contributed by atoms with Crippen LogP contribution in [0.1, 0.15) is 60.3 Å². The normalized spacial score (nSPS) is 16.4. The number of carbonyl (C=O) groups is 1. The van der Waals surface area contributed by atoms with Gasteiger partial charge in [0.25, 0.3) is 0 Å². The first-order valence-corrected chi connectivity index (χ1v) is 7.97. The molecule has 0 aliphatic carbocycles. The van der Waals surface area contributed by atoms with E-state index in [1.165, 1.54) is 6.42 Å². The molecule has 0 radical (unpaired) electrons. The number of nitrogens with two attached hydrogens (primary N) is 1. The Balaban J connectivity index is 4.04. The van der Waals surface area contributed by atoms with Gasteiger partial charge < -0.3 is 16.0 Å². The first kappa shape index (κ1) is 19.4. The first-order chi connectivity index (χ1) is 9.21. The summed E-state index contributed by atoms with van der Waals surface area (Å²) in [5, 5.41) is 3.30. The maximum absolute atomic E-state index is 11.6. The summed E-state index contributed by atoms with van der Waals surface area (Å²) < 4.78 is 0. The molecule has 0 aliphatic heterocycles. The summed E-state index contributed by atoms with van der Waals surface area (Å²) in [6, 6.07) is 0.264. The molecule has 0 aromatic rings. The minimum Gasteiger partial charge on any atom is -0.368 e. The molecule has 4 nitrogen and oxygen atoms in total. The number of hydrogen-bond donors (Lipinski definition) is 2. The molecular weight excluding hydrogens is 250 g/mol. The van der Waals surface area contributed by atoms with Crippen LogP contribution in [0.3, 0.4) is 0 Å². The van der Waals surface area contributed by atoms with Crippen LogP contribution >= 0.6 is 0 Å². The van der Waals surface area contributed by atoms with Crippen LogP contribution < -0.4 is 11.1 Å². The minimum atomic E-state index is -0.580. The highest BCUT2D eigenvalue weighted by molar-refractivity contribution is 5.84. The van der Waals surface area contributed by atoms with Crippen LogP contribution in [0.25, 0.3) is 0 Å². The van der Waals surface area contributed by atoms with Crippen molar-refractivity contribution in [2.75, 3.05) is 20.1 Å². The average Bonchev–Trinajstić information content (AvgIpc) is 2.33. The Bertz CT molecular complexity index is 281. The number of nitrogens with one attached hydrogen (secondary N) is 1. The van der Waals surface area contributed by atoms with Crippen molar-refractivity contribution in [2.24, 2.45) is 11.7 Å². The summed E-state index contributed by atoms with van der Waals surface area (Å²) in [6.45, 7) is 12.7. The molecule has 0 saturated carbocycles.